The first-order valence-electron chi connectivity index (χ1n) is 3.20. The Morgan fingerprint density at radius 1 is 1.42 bits per heavy atom. The first-order valence-corrected chi connectivity index (χ1v) is 4.70. The molecule has 0 amide bonds. The Labute approximate surface area is 69.5 Å². The van der Waals surface area contributed by atoms with Crippen LogP contribution >= 0.6 is 7.82 Å². The van der Waals surface area contributed by atoms with E-state index in [0.29, 0.717) is 0 Å². The molecule has 0 fully saturated rings. The van der Waals surface area contributed by atoms with E-state index in [9.17, 15) is 9.46 Å². The van der Waals surface area contributed by atoms with Gasteiger partial charge in [-0.2, -0.15) is 4.57 Å². The summed E-state index contributed by atoms with van der Waals surface area (Å²) >= 11 is 0. The molecule has 0 saturated heterocycles. The maximum Gasteiger partial charge on any atom is 0.270 e. The fourth-order valence-corrected chi connectivity index (χ4v) is 0.939. The lowest BCUT2D eigenvalue weighted by Gasteiger charge is -2.12. The third-order valence-electron chi connectivity index (χ3n) is 1.15. The summed E-state index contributed by atoms with van der Waals surface area (Å²) in [4.78, 5) is 18.4. The summed E-state index contributed by atoms with van der Waals surface area (Å²) < 4.78 is 15.8. The van der Waals surface area contributed by atoms with Gasteiger partial charge in [0.25, 0.3) is 14.6 Å². The second-order valence-electron chi connectivity index (χ2n) is 2.12. The highest BCUT2D eigenvalue weighted by Crippen LogP contribution is 2.29. The minimum absolute atomic E-state index is 0.210. The lowest BCUT2D eigenvalue weighted by molar-refractivity contribution is -0.726. The van der Waals surface area contributed by atoms with Crippen LogP contribution in [0.2, 0.25) is 0 Å². The van der Waals surface area contributed by atoms with Crippen LogP contribution in [0.25, 0.3) is 0 Å². The van der Waals surface area contributed by atoms with Gasteiger partial charge in [-0.3, -0.25) is 9.09 Å². The fourth-order valence-electron chi connectivity index (χ4n) is 0.660. The van der Waals surface area contributed by atoms with Gasteiger partial charge in [0.1, 0.15) is 0 Å². The van der Waals surface area contributed by atoms with Gasteiger partial charge in [-0.1, -0.05) is 6.07 Å². The van der Waals surface area contributed by atoms with Crippen molar-refractivity contribution >= 4 is 7.82 Å². The quantitative estimate of drug-likeness (QED) is 0.509. The molecule has 12 heavy (non-hydrogen) atoms. The molecule has 1 rings (SSSR count). The minimum Gasteiger partial charge on any atom is -0.756 e. The van der Waals surface area contributed by atoms with Gasteiger partial charge in [0, 0.05) is 12.1 Å². The average Bonchev–Trinajstić information content (AvgIpc) is 2.02. The van der Waals surface area contributed by atoms with E-state index >= 15 is 0 Å². The van der Waals surface area contributed by atoms with Crippen molar-refractivity contribution in [2.75, 3.05) is 0 Å². The molecule has 0 aromatic carbocycles. The van der Waals surface area contributed by atoms with Crippen LogP contribution in [0.5, 0.6) is 0 Å². The molecular weight excluding hydrogens is 181 g/mol. The number of rotatable bonds is 3. The van der Waals surface area contributed by atoms with Gasteiger partial charge in [-0.15, -0.1) is 0 Å². The Hall–Kier alpha value is -0.740. The molecule has 0 spiro atoms. The summed E-state index contributed by atoms with van der Waals surface area (Å²) in [5.41, 5.74) is 0. The van der Waals surface area contributed by atoms with E-state index in [1.807, 2.05) is 0 Å². The lowest BCUT2D eigenvalue weighted by Crippen LogP contribution is -2.33. The number of nitrogens with zero attached hydrogens (tertiary/aromatic N) is 1. The molecule has 0 aliphatic rings. The Kier molecular flexibility index (Phi) is 2.94. The third-order valence-corrected chi connectivity index (χ3v) is 1.59. The predicted molar refractivity (Wildman–Crippen MR) is 37.5 cm³/mol. The molecule has 0 saturated carbocycles. The molecule has 66 valence electrons. The third kappa shape index (κ3) is 3.59. The number of phosphoric ester groups is 1. The zero-order valence-corrected chi connectivity index (χ0v) is 7.05. The maximum atomic E-state index is 10.2. The van der Waals surface area contributed by atoms with E-state index in [1.165, 1.54) is 4.57 Å². The van der Waals surface area contributed by atoms with Crippen molar-refractivity contribution in [3.63, 3.8) is 0 Å². The molecule has 1 aromatic rings. The van der Waals surface area contributed by atoms with Crippen molar-refractivity contribution in [1.29, 1.82) is 0 Å². The van der Waals surface area contributed by atoms with Crippen molar-refractivity contribution in [3.8, 4) is 0 Å². The molecule has 0 aliphatic heterocycles. The molecule has 1 unspecified atom stereocenters. The standard InChI is InChI=1S/C6H8NO4P/c8-12(9,10)11-6-7-4-2-1-3-5-7/h1-5H,6H2,(H-,8,9,10). The average molecular weight is 189 g/mol. The molecule has 1 N–H and O–H groups in total. The summed E-state index contributed by atoms with van der Waals surface area (Å²) in [7, 11) is -4.60. The van der Waals surface area contributed by atoms with Crippen LogP contribution in [0.3, 0.4) is 0 Å². The van der Waals surface area contributed by atoms with Gasteiger partial charge in [0.2, 0.25) is 0 Å². The number of aromatic nitrogens is 1. The molecule has 1 aromatic heterocycles. The molecular formula is C6H8NO4P. The number of pyridine rings is 1. The Morgan fingerprint density at radius 2 is 2.00 bits per heavy atom. The van der Waals surface area contributed by atoms with Crippen LogP contribution in [0, 0.1) is 0 Å². The second kappa shape index (κ2) is 3.78. The van der Waals surface area contributed by atoms with E-state index in [2.05, 4.69) is 4.52 Å². The van der Waals surface area contributed by atoms with Gasteiger partial charge in [-0.25, -0.2) is 0 Å². The van der Waals surface area contributed by atoms with E-state index in [1.54, 1.807) is 30.6 Å². The van der Waals surface area contributed by atoms with Gasteiger partial charge in [0.15, 0.2) is 12.4 Å². The maximum absolute atomic E-state index is 10.2. The van der Waals surface area contributed by atoms with Crippen molar-refractivity contribution < 1.29 is 23.4 Å². The zero-order chi connectivity index (χ0) is 9.03. The van der Waals surface area contributed by atoms with Gasteiger partial charge >= 0.3 is 0 Å². The van der Waals surface area contributed by atoms with E-state index < -0.39 is 7.82 Å². The van der Waals surface area contributed by atoms with Crippen LogP contribution in [0.15, 0.2) is 30.6 Å². The van der Waals surface area contributed by atoms with E-state index in [-0.39, 0.29) is 6.73 Å². The van der Waals surface area contributed by atoms with Crippen LogP contribution in [0.1, 0.15) is 0 Å². The largest absolute Gasteiger partial charge is 0.756 e. The summed E-state index contributed by atoms with van der Waals surface area (Å²) in [6.07, 6.45) is 3.24. The Morgan fingerprint density at radius 3 is 2.50 bits per heavy atom. The zero-order valence-electron chi connectivity index (χ0n) is 6.16. The molecule has 0 aliphatic carbocycles. The summed E-state index contributed by atoms with van der Waals surface area (Å²) in [5.74, 6) is 0. The van der Waals surface area contributed by atoms with Crippen molar-refractivity contribution in [3.05, 3.63) is 30.6 Å². The SMILES string of the molecule is O=P([O-])(O)OC[n+]1ccccc1. The number of phosphoric acid groups is 1. The monoisotopic (exact) mass is 189 g/mol. The lowest BCUT2D eigenvalue weighted by atomic mass is 10.5. The van der Waals surface area contributed by atoms with Crippen LogP contribution in [-0.2, 0) is 15.8 Å². The molecule has 0 radical (unpaired) electrons. The second-order valence-corrected chi connectivity index (χ2v) is 3.31. The smallest absolute Gasteiger partial charge is 0.270 e. The van der Waals surface area contributed by atoms with Crippen LogP contribution in [-0.4, -0.2) is 4.89 Å². The van der Waals surface area contributed by atoms with Crippen molar-refractivity contribution in [1.82, 2.24) is 0 Å². The Bertz CT molecular complexity index is 283. The van der Waals surface area contributed by atoms with E-state index in [4.69, 9.17) is 4.89 Å². The van der Waals surface area contributed by atoms with Gasteiger partial charge in [0.05, 0.1) is 0 Å². The number of hydrogen-bond donors (Lipinski definition) is 1. The normalized spacial score (nSPS) is 15.5. The molecule has 6 heteroatoms. The number of hydrogen-bond acceptors (Lipinski definition) is 3. The van der Waals surface area contributed by atoms with Crippen molar-refractivity contribution in [2.45, 2.75) is 6.73 Å². The summed E-state index contributed by atoms with van der Waals surface area (Å²) in [5, 5.41) is 0. The highest BCUT2D eigenvalue weighted by molar-refractivity contribution is 7.44. The topological polar surface area (TPSA) is 73.5 Å². The molecule has 1 atom stereocenters. The first kappa shape index (κ1) is 9.35. The van der Waals surface area contributed by atoms with E-state index in [0.717, 1.165) is 0 Å². The predicted octanol–water partition coefficient (Wildman–Crippen LogP) is -0.591. The van der Waals surface area contributed by atoms with Crippen molar-refractivity contribution in [2.24, 2.45) is 0 Å². The highest BCUT2D eigenvalue weighted by Gasteiger charge is 2.05. The Balaban J connectivity index is 2.50. The van der Waals surface area contributed by atoms with Gasteiger partial charge in [-0.05, 0) is 0 Å². The highest BCUT2D eigenvalue weighted by atomic mass is 31.2. The summed E-state index contributed by atoms with van der Waals surface area (Å²) in [6.45, 7) is -0.210. The minimum atomic E-state index is -4.60. The molecule has 0 bridgehead atoms. The fraction of sp³-hybridized carbons (Fsp3) is 0.167. The van der Waals surface area contributed by atoms with Crippen LogP contribution < -0.4 is 9.46 Å². The first-order chi connectivity index (χ1) is 5.58. The molecule has 5 nitrogen and oxygen atoms in total. The van der Waals surface area contributed by atoms with Gasteiger partial charge < -0.3 is 9.79 Å². The molecule has 1 heterocycles. The summed E-state index contributed by atoms with van der Waals surface area (Å²) in [6, 6.07) is 5.22. The van der Waals surface area contributed by atoms with Crippen LogP contribution in [0.4, 0.5) is 0 Å².